The SMILES string of the molecule is CC(C)C(C#N)C(=O)NCCCCC(F)(F)F. The fourth-order valence-electron chi connectivity index (χ4n) is 1.28. The maximum atomic E-state index is 11.8. The molecule has 0 saturated carbocycles. The van der Waals surface area contributed by atoms with Gasteiger partial charge in [-0.25, -0.2) is 0 Å². The van der Waals surface area contributed by atoms with E-state index in [-0.39, 0.29) is 25.3 Å². The number of rotatable bonds is 6. The van der Waals surface area contributed by atoms with Crippen molar-refractivity contribution in [3.63, 3.8) is 0 Å². The molecule has 17 heavy (non-hydrogen) atoms. The van der Waals surface area contributed by atoms with Crippen LogP contribution in [0.1, 0.15) is 33.1 Å². The normalized spacial score (nSPS) is 13.2. The molecule has 0 aromatic carbocycles. The van der Waals surface area contributed by atoms with Crippen molar-refractivity contribution >= 4 is 5.91 Å². The molecule has 0 spiro atoms. The lowest BCUT2D eigenvalue weighted by Gasteiger charge is -2.13. The second-order valence-corrected chi connectivity index (χ2v) is 4.21. The smallest absolute Gasteiger partial charge is 0.355 e. The van der Waals surface area contributed by atoms with E-state index in [1.54, 1.807) is 13.8 Å². The summed E-state index contributed by atoms with van der Waals surface area (Å²) in [5.41, 5.74) is 0. The van der Waals surface area contributed by atoms with Crippen LogP contribution in [-0.2, 0) is 4.79 Å². The van der Waals surface area contributed by atoms with Crippen molar-refractivity contribution in [2.75, 3.05) is 6.54 Å². The zero-order valence-corrected chi connectivity index (χ0v) is 9.97. The number of nitriles is 1. The van der Waals surface area contributed by atoms with Crippen LogP contribution in [0.5, 0.6) is 0 Å². The van der Waals surface area contributed by atoms with Gasteiger partial charge in [-0.05, 0) is 18.8 Å². The van der Waals surface area contributed by atoms with Crippen LogP contribution < -0.4 is 5.32 Å². The van der Waals surface area contributed by atoms with Crippen molar-refractivity contribution in [2.45, 2.75) is 39.3 Å². The average Bonchev–Trinajstić information content (AvgIpc) is 2.15. The van der Waals surface area contributed by atoms with Crippen LogP contribution in [0.4, 0.5) is 13.2 Å². The van der Waals surface area contributed by atoms with Crippen molar-refractivity contribution in [3.8, 4) is 6.07 Å². The van der Waals surface area contributed by atoms with Crippen LogP contribution in [-0.4, -0.2) is 18.6 Å². The molecule has 0 saturated heterocycles. The summed E-state index contributed by atoms with van der Waals surface area (Å²) in [5.74, 6) is -1.25. The lowest BCUT2D eigenvalue weighted by atomic mass is 9.97. The molecule has 0 bridgehead atoms. The summed E-state index contributed by atoms with van der Waals surface area (Å²) in [5, 5.41) is 11.2. The standard InChI is InChI=1S/C11H17F3N2O/c1-8(2)9(7-15)10(17)16-6-4-3-5-11(12,13)14/h8-9H,3-6H2,1-2H3,(H,16,17). The van der Waals surface area contributed by atoms with E-state index in [9.17, 15) is 18.0 Å². The van der Waals surface area contributed by atoms with Gasteiger partial charge in [0.25, 0.3) is 0 Å². The fourth-order valence-corrected chi connectivity index (χ4v) is 1.28. The van der Waals surface area contributed by atoms with Crippen LogP contribution >= 0.6 is 0 Å². The molecule has 1 N–H and O–H groups in total. The van der Waals surface area contributed by atoms with Gasteiger partial charge < -0.3 is 5.32 Å². The molecule has 0 aromatic heterocycles. The lowest BCUT2D eigenvalue weighted by molar-refractivity contribution is -0.135. The highest BCUT2D eigenvalue weighted by Gasteiger charge is 2.26. The summed E-state index contributed by atoms with van der Waals surface area (Å²) < 4.78 is 35.4. The zero-order valence-electron chi connectivity index (χ0n) is 9.97. The second-order valence-electron chi connectivity index (χ2n) is 4.21. The number of nitrogens with zero attached hydrogens (tertiary/aromatic N) is 1. The molecule has 3 nitrogen and oxygen atoms in total. The largest absolute Gasteiger partial charge is 0.389 e. The van der Waals surface area contributed by atoms with Crippen molar-refractivity contribution in [1.82, 2.24) is 5.32 Å². The zero-order chi connectivity index (χ0) is 13.5. The molecule has 6 heteroatoms. The molecule has 0 aliphatic rings. The Balaban J connectivity index is 3.76. The molecule has 0 rings (SSSR count). The van der Waals surface area contributed by atoms with Crippen molar-refractivity contribution in [2.24, 2.45) is 11.8 Å². The van der Waals surface area contributed by atoms with Gasteiger partial charge in [0.15, 0.2) is 0 Å². The van der Waals surface area contributed by atoms with Gasteiger partial charge in [-0.2, -0.15) is 18.4 Å². The summed E-state index contributed by atoms with van der Waals surface area (Å²) in [7, 11) is 0. The molecule has 0 heterocycles. The average molecular weight is 250 g/mol. The molecule has 1 amide bonds. The van der Waals surface area contributed by atoms with Crippen LogP contribution in [0.2, 0.25) is 0 Å². The molecular weight excluding hydrogens is 233 g/mol. The Bertz CT molecular complexity index is 281. The number of hydrogen-bond donors (Lipinski definition) is 1. The Morgan fingerprint density at radius 1 is 1.35 bits per heavy atom. The Morgan fingerprint density at radius 3 is 2.35 bits per heavy atom. The first-order chi connectivity index (χ1) is 7.78. The van der Waals surface area contributed by atoms with Crippen LogP contribution in [0.3, 0.4) is 0 Å². The third-order valence-electron chi connectivity index (χ3n) is 2.27. The van der Waals surface area contributed by atoms with Gasteiger partial charge >= 0.3 is 6.18 Å². The number of alkyl halides is 3. The van der Waals surface area contributed by atoms with Gasteiger partial charge in [-0.3, -0.25) is 4.79 Å². The van der Waals surface area contributed by atoms with Gasteiger partial charge in [0, 0.05) is 13.0 Å². The topological polar surface area (TPSA) is 52.9 Å². The third-order valence-corrected chi connectivity index (χ3v) is 2.27. The predicted molar refractivity (Wildman–Crippen MR) is 56.9 cm³/mol. The van der Waals surface area contributed by atoms with E-state index in [0.717, 1.165) is 0 Å². The van der Waals surface area contributed by atoms with E-state index in [1.807, 2.05) is 6.07 Å². The molecule has 0 aliphatic carbocycles. The molecule has 1 atom stereocenters. The minimum Gasteiger partial charge on any atom is -0.355 e. The molecule has 0 aliphatic heterocycles. The van der Waals surface area contributed by atoms with E-state index in [4.69, 9.17) is 5.26 Å². The number of carbonyl (C=O) groups excluding carboxylic acids is 1. The van der Waals surface area contributed by atoms with Crippen molar-refractivity contribution < 1.29 is 18.0 Å². The second kappa shape index (κ2) is 7.15. The highest BCUT2D eigenvalue weighted by atomic mass is 19.4. The number of hydrogen-bond acceptors (Lipinski definition) is 2. The number of halogens is 3. The maximum Gasteiger partial charge on any atom is 0.389 e. The number of amides is 1. The molecular formula is C11H17F3N2O. The number of nitrogens with one attached hydrogen (secondary N) is 1. The monoisotopic (exact) mass is 250 g/mol. The first kappa shape index (κ1) is 15.8. The van der Waals surface area contributed by atoms with E-state index in [1.165, 1.54) is 0 Å². The summed E-state index contributed by atoms with van der Waals surface area (Å²) in [6.07, 6.45) is -4.73. The fraction of sp³-hybridized carbons (Fsp3) is 0.818. The first-order valence-electron chi connectivity index (χ1n) is 5.52. The third kappa shape index (κ3) is 7.61. The molecule has 98 valence electrons. The Labute approximate surface area is 99.0 Å². The van der Waals surface area contributed by atoms with E-state index < -0.39 is 24.4 Å². The summed E-state index contributed by atoms with van der Waals surface area (Å²) >= 11 is 0. The quantitative estimate of drug-likeness (QED) is 0.737. The summed E-state index contributed by atoms with van der Waals surface area (Å²) in [4.78, 5) is 11.4. The maximum absolute atomic E-state index is 11.8. The predicted octanol–water partition coefficient (Wildman–Crippen LogP) is 2.63. The minimum absolute atomic E-state index is 0.0112. The first-order valence-corrected chi connectivity index (χ1v) is 5.52. The van der Waals surface area contributed by atoms with Crippen LogP contribution in [0, 0.1) is 23.2 Å². The van der Waals surface area contributed by atoms with E-state index >= 15 is 0 Å². The van der Waals surface area contributed by atoms with E-state index in [0.29, 0.717) is 0 Å². The van der Waals surface area contributed by atoms with Gasteiger partial charge in [-0.1, -0.05) is 13.8 Å². The number of unbranched alkanes of at least 4 members (excludes halogenated alkanes) is 1. The van der Waals surface area contributed by atoms with E-state index in [2.05, 4.69) is 5.32 Å². The Morgan fingerprint density at radius 2 is 1.94 bits per heavy atom. The highest BCUT2D eigenvalue weighted by molar-refractivity contribution is 5.81. The molecule has 0 radical (unpaired) electrons. The van der Waals surface area contributed by atoms with Crippen LogP contribution in [0.15, 0.2) is 0 Å². The summed E-state index contributed by atoms with van der Waals surface area (Å²) in [6.45, 7) is 3.67. The van der Waals surface area contributed by atoms with Gasteiger partial charge in [0.05, 0.1) is 6.07 Å². The summed E-state index contributed by atoms with van der Waals surface area (Å²) in [6, 6.07) is 1.87. The Hall–Kier alpha value is -1.25. The number of carbonyl (C=O) groups is 1. The Kier molecular flexibility index (Phi) is 6.62. The van der Waals surface area contributed by atoms with Crippen molar-refractivity contribution in [3.05, 3.63) is 0 Å². The van der Waals surface area contributed by atoms with Gasteiger partial charge in [0.2, 0.25) is 5.91 Å². The van der Waals surface area contributed by atoms with Crippen molar-refractivity contribution in [1.29, 1.82) is 5.26 Å². The molecule has 0 fully saturated rings. The van der Waals surface area contributed by atoms with Crippen LogP contribution in [0.25, 0.3) is 0 Å². The molecule has 1 unspecified atom stereocenters. The highest BCUT2D eigenvalue weighted by Crippen LogP contribution is 2.21. The van der Waals surface area contributed by atoms with Gasteiger partial charge in [-0.15, -0.1) is 0 Å². The van der Waals surface area contributed by atoms with Gasteiger partial charge in [0.1, 0.15) is 5.92 Å². The molecule has 0 aromatic rings. The lowest BCUT2D eigenvalue weighted by Crippen LogP contribution is -2.33. The minimum atomic E-state index is -4.14.